The molecule has 0 bridgehead atoms. The third-order valence-electron chi connectivity index (χ3n) is 4.03. The van der Waals surface area contributed by atoms with E-state index in [9.17, 15) is 40.5 Å². The van der Waals surface area contributed by atoms with Crippen LogP contribution in [0.25, 0.3) is 0 Å². The number of nitrogens with zero attached hydrogens (tertiary/aromatic N) is 8. The predicted octanol–water partition coefficient (Wildman–Crippen LogP) is -1.72. The van der Waals surface area contributed by atoms with Crippen molar-refractivity contribution >= 4 is 0 Å². The summed E-state index contributed by atoms with van der Waals surface area (Å²) in [5, 5.41) is 43.2. The molecular formula is C8H14N8O8. The van der Waals surface area contributed by atoms with Crippen LogP contribution in [0.2, 0.25) is 0 Å². The molecule has 24 heavy (non-hydrogen) atoms. The lowest BCUT2D eigenvalue weighted by Crippen LogP contribution is -2.61. The lowest BCUT2D eigenvalue weighted by atomic mass is 9.82. The Morgan fingerprint density at radius 1 is 0.625 bits per heavy atom. The van der Waals surface area contributed by atoms with E-state index in [-0.39, 0.29) is 32.6 Å². The van der Waals surface area contributed by atoms with Gasteiger partial charge in [-0.15, -0.1) is 20.0 Å². The molecule has 0 radical (unpaired) electrons. The van der Waals surface area contributed by atoms with Gasteiger partial charge in [-0.1, -0.05) is 0 Å². The molecule has 0 aliphatic carbocycles. The topological polar surface area (TPSA) is 186 Å². The van der Waals surface area contributed by atoms with Crippen molar-refractivity contribution in [1.82, 2.24) is 20.0 Å². The van der Waals surface area contributed by atoms with Gasteiger partial charge in [0.15, 0.2) is 20.1 Å². The van der Waals surface area contributed by atoms with Gasteiger partial charge in [0.25, 0.3) is 0 Å². The Hall–Kier alpha value is -3.20. The molecule has 0 aromatic carbocycles. The largest absolute Gasteiger partial charge is 0.235 e. The zero-order valence-electron chi connectivity index (χ0n) is 12.3. The van der Waals surface area contributed by atoms with E-state index in [1.165, 1.54) is 0 Å². The molecule has 0 unspecified atom stereocenters. The van der Waals surface area contributed by atoms with Crippen LogP contribution in [-0.4, -0.2) is 79.7 Å². The van der Waals surface area contributed by atoms with Crippen LogP contribution in [0, 0.1) is 45.9 Å². The van der Waals surface area contributed by atoms with Gasteiger partial charge in [0.1, 0.15) is 0 Å². The van der Waals surface area contributed by atoms with Crippen molar-refractivity contribution in [3.63, 3.8) is 0 Å². The second-order valence-electron chi connectivity index (χ2n) is 5.71. The molecule has 0 N–H and O–H groups in total. The highest BCUT2D eigenvalue weighted by Crippen LogP contribution is 2.33. The molecule has 1 spiro atoms. The van der Waals surface area contributed by atoms with E-state index >= 15 is 0 Å². The fourth-order valence-electron chi connectivity index (χ4n) is 2.97. The highest BCUT2D eigenvalue weighted by atomic mass is 16.7. The number of hydrogen-bond acceptors (Lipinski definition) is 8. The lowest BCUT2D eigenvalue weighted by molar-refractivity contribution is -0.727. The van der Waals surface area contributed by atoms with Crippen LogP contribution in [0.1, 0.15) is 6.42 Å². The Kier molecular flexibility index (Phi) is 4.38. The summed E-state index contributed by atoms with van der Waals surface area (Å²) in [7, 11) is 0. The molecule has 16 heteroatoms. The SMILES string of the molecule is O=[N+]([O-])N1CCC2(CN([N+](=O)[O-])C1)CN([N+](=O)[O-])CN([N+](=O)[O-])C2. The van der Waals surface area contributed by atoms with Crippen LogP contribution in [-0.2, 0) is 0 Å². The van der Waals surface area contributed by atoms with Crippen LogP contribution in [0.15, 0.2) is 0 Å². The summed E-state index contributed by atoms with van der Waals surface area (Å²) in [4.78, 5) is 44.1. The molecule has 2 saturated heterocycles. The Balaban J connectivity index is 2.32. The first-order valence-corrected chi connectivity index (χ1v) is 6.70. The minimum absolute atomic E-state index is 0.0347. The number of hydrazine groups is 4. The first-order chi connectivity index (χ1) is 11.1. The van der Waals surface area contributed by atoms with E-state index in [1.807, 2.05) is 0 Å². The van der Waals surface area contributed by atoms with Crippen LogP contribution < -0.4 is 0 Å². The summed E-state index contributed by atoms with van der Waals surface area (Å²) in [5.41, 5.74) is -1.23. The molecular weight excluding hydrogens is 336 g/mol. The van der Waals surface area contributed by atoms with E-state index in [4.69, 9.17) is 0 Å². The Morgan fingerprint density at radius 3 is 1.29 bits per heavy atom. The molecule has 2 fully saturated rings. The third kappa shape index (κ3) is 3.41. The maximum Gasteiger partial charge on any atom is 0.207 e. The van der Waals surface area contributed by atoms with Gasteiger partial charge in [0.05, 0.1) is 26.2 Å². The van der Waals surface area contributed by atoms with E-state index in [1.54, 1.807) is 0 Å². The van der Waals surface area contributed by atoms with Crippen molar-refractivity contribution in [3.8, 4) is 0 Å². The number of nitro groups is 4. The lowest BCUT2D eigenvalue weighted by Gasteiger charge is -2.39. The fourth-order valence-corrected chi connectivity index (χ4v) is 2.97. The Bertz CT molecular complexity index is 548. The molecule has 0 aromatic heterocycles. The highest BCUT2D eigenvalue weighted by Gasteiger charge is 2.51. The molecule has 0 aromatic rings. The van der Waals surface area contributed by atoms with Gasteiger partial charge >= 0.3 is 0 Å². The first kappa shape index (κ1) is 17.2. The van der Waals surface area contributed by atoms with Crippen molar-refractivity contribution < 1.29 is 20.1 Å². The zero-order valence-corrected chi connectivity index (χ0v) is 12.3. The van der Waals surface area contributed by atoms with Crippen LogP contribution in [0.4, 0.5) is 0 Å². The van der Waals surface area contributed by atoms with Crippen LogP contribution in [0.5, 0.6) is 0 Å². The van der Waals surface area contributed by atoms with E-state index in [2.05, 4.69) is 0 Å². The number of hydrogen-bond donors (Lipinski definition) is 0. The minimum atomic E-state index is -1.23. The third-order valence-corrected chi connectivity index (χ3v) is 4.03. The average molecular weight is 350 g/mol. The summed E-state index contributed by atoms with van der Waals surface area (Å²) in [5.74, 6) is 0. The minimum Gasteiger partial charge on any atom is -0.235 e. The summed E-state index contributed by atoms with van der Waals surface area (Å²) < 4.78 is 0. The maximum absolute atomic E-state index is 11.1. The molecule has 2 rings (SSSR count). The van der Waals surface area contributed by atoms with Gasteiger partial charge in [0.2, 0.25) is 13.3 Å². The van der Waals surface area contributed by atoms with Gasteiger partial charge < -0.3 is 0 Å². The van der Waals surface area contributed by atoms with Crippen molar-refractivity contribution in [2.75, 3.05) is 39.5 Å². The van der Waals surface area contributed by atoms with Crippen LogP contribution >= 0.6 is 0 Å². The molecule has 0 atom stereocenters. The second-order valence-corrected chi connectivity index (χ2v) is 5.71. The second kappa shape index (κ2) is 6.13. The summed E-state index contributed by atoms with van der Waals surface area (Å²) in [6, 6.07) is 0. The summed E-state index contributed by atoms with van der Waals surface area (Å²) in [6.07, 6.45) is -0.0347. The van der Waals surface area contributed by atoms with E-state index in [0.717, 1.165) is 0 Å². The van der Waals surface area contributed by atoms with E-state index in [0.29, 0.717) is 20.0 Å². The number of rotatable bonds is 4. The van der Waals surface area contributed by atoms with Gasteiger partial charge in [-0.2, -0.15) is 0 Å². The zero-order chi connectivity index (χ0) is 18.1. The molecule has 134 valence electrons. The smallest absolute Gasteiger partial charge is 0.207 e. The summed E-state index contributed by atoms with van der Waals surface area (Å²) >= 11 is 0. The maximum atomic E-state index is 11.1. The van der Waals surface area contributed by atoms with Crippen molar-refractivity contribution in [1.29, 1.82) is 0 Å². The standard InChI is InChI=1S/C8H14N8O8/c17-13(18)9-2-1-8(3-10(6-9)14(19)20)4-11(15(21)22)7-12(5-8)16(23)24/h1-7H2. The van der Waals surface area contributed by atoms with Crippen molar-refractivity contribution in [3.05, 3.63) is 40.5 Å². The molecule has 2 aliphatic heterocycles. The van der Waals surface area contributed by atoms with E-state index < -0.39 is 38.9 Å². The molecule has 16 nitrogen and oxygen atoms in total. The average Bonchev–Trinajstić information content (AvgIpc) is 2.67. The molecule has 2 aliphatic rings. The highest BCUT2D eigenvalue weighted by molar-refractivity contribution is 4.90. The summed E-state index contributed by atoms with van der Waals surface area (Å²) in [6.45, 7) is -2.33. The monoisotopic (exact) mass is 350 g/mol. The Labute approximate surface area is 133 Å². The van der Waals surface area contributed by atoms with Gasteiger partial charge in [-0.3, -0.25) is 0 Å². The molecule has 0 amide bonds. The van der Waals surface area contributed by atoms with Crippen molar-refractivity contribution in [2.24, 2.45) is 5.41 Å². The van der Waals surface area contributed by atoms with Gasteiger partial charge in [-0.25, -0.2) is 40.5 Å². The quantitative estimate of drug-likeness (QED) is 0.413. The van der Waals surface area contributed by atoms with Crippen LogP contribution in [0.3, 0.4) is 0 Å². The Morgan fingerprint density at radius 2 is 0.958 bits per heavy atom. The first-order valence-electron chi connectivity index (χ1n) is 6.70. The van der Waals surface area contributed by atoms with Gasteiger partial charge in [0, 0.05) is 5.41 Å². The predicted molar refractivity (Wildman–Crippen MR) is 71.6 cm³/mol. The fraction of sp³-hybridized carbons (Fsp3) is 1.00. The molecule has 2 heterocycles. The normalized spacial score (nSPS) is 20.7. The molecule has 0 saturated carbocycles. The van der Waals surface area contributed by atoms with Gasteiger partial charge in [-0.05, 0) is 6.42 Å². The van der Waals surface area contributed by atoms with Crippen molar-refractivity contribution in [2.45, 2.75) is 6.42 Å².